The van der Waals surface area contributed by atoms with Crippen LogP contribution in [0.2, 0.25) is 0 Å². The van der Waals surface area contributed by atoms with Gasteiger partial charge in [-0.1, -0.05) is 38.5 Å². The summed E-state index contributed by atoms with van der Waals surface area (Å²) in [6.07, 6.45) is 13.7. The van der Waals surface area contributed by atoms with Gasteiger partial charge in [0, 0.05) is 19.1 Å². The number of aliphatic imine (C=N–C) groups is 1. The largest absolute Gasteiger partial charge is 0.353 e. The summed E-state index contributed by atoms with van der Waals surface area (Å²) in [6.45, 7) is 2.43. The zero-order chi connectivity index (χ0) is 12.2. The molecule has 0 bridgehead atoms. The molecule has 0 amide bonds. The molecule has 2 aliphatic carbocycles. The van der Waals surface area contributed by atoms with Crippen molar-refractivity contribution in [2.45, 2.75) is 76.3 Å². The molecule has 0 radical (unpaired) electrons. The summed E-state index contributed by atoms with van der Waals surface area (Å²) in [6, 6.07) is 1.30. The molecule has 0 atom stereocenters. The van der Waals surface area contributed by atoms with Gasteiger partial charge in [-0.2, -0.15) is 0 Å². The lowest BCUT2D eigenvalue weighted by Crippen LogP contribution is -2.41. The molecule has 1 N–H and O–H groups in total. The van der Waals surface area contributed by atoms with Crippen molar-refractivity contribution in [3.05, 3.63) is 0 Å². The first kappa shape index (κ1) is 12.3. The molecule has 0 aromatic heterocycles. The Hall–Kier alpha value is -0.730. The fourth-order valence-electron chi connectivity index (χ4n) is 3.28. The second-order valence-corrected chi connectivity index (χ2v) is 6.21. The van der Waals surface area contributed by atoms with E-state index in [1.807, 2.05) is 0 Å². The molecule has 1 heterocycles. The molecule has 18 heavy (non-hydrogen) atoms. The SMILES string of the molecule is C1CCC(N=C(NC2CCCCC2)N2CC2)CC1. The minimum Gasteiger partial charge on any atom is -0.353 e. The molecular formula is C15H27N3. The average molecular weight is 249 g/mol. The van der Waals surface area contributed by atoms with Crippen LogP contribution in [0.4, 0.5) is 0 Å². The molecule has 1 saturated heterocycles. The summed E-state index contributed by atoms with van der Waals surface area (Å²) in [7, 11) is 0. The van der Waals surface area contributed by atoms with Crippen LogP contribution < -0.4 is 5.32 Å². The summed E-state index contributed by atoms with van der Waals surface area (Å²) in [5, 5.41) is 3.74. The van der Waals surface area contributed by atoms with Gasteiger partial charge in [0.15, 0.2) is 5.96 Å². The molecule has 0 aromatic rings. The van der Waals surface area contributed by atoms with Crippen molar-refractivity contribution in [3.63, 3.8) is 0 Å². The smallest absolute Gasteiger partial charge is 0.194 e. The summed E-state index contributed by atoms with van der Waals surface area (Å²) in [5.41, 5.74) is 0. The Morgan fingerprint density at radius 1 is 0.833 bits per heavy atom. The van der Waals surface area contributed by atoms with E-state index in [0.29, 0.717) is 12.1 Å². The zero-order valence-corrected chi connectivity index (χ0v) is 11.5. The van der Waals surface area contributed by atoms with Crippen molar-refractivity contribution in [1.29, 1.82) is 0 Å². The number of hydrogen-bond acceptors (Lipinski definition) is 1. The third-order valence-electron chi connectivity index (χ3n) is 4.56. The fourth-order valence-corrected chi connectivity index (χ4v) is 3.28. The lowest BCUT2D eigenvalue weighted by molar-refractivity contribution is 0.400. The highest BCUT2D eigenvalue weighted by Gasteiger charge is 2.26. The number of guanidine groups is 1. The molecule has 0 unspecified atom stereocenters. The lowest BCUT2D eigenvalue weighted by atomic mass is 9.95. The number of nitrogens with one attached hydrogen (secondary N) is 1. The second kappa shape index (κ2) is 5.94. The molecule has 3 nitrogen and oxygen atoms in total. The predicted octanol–water partition coefficient (Wildman–Crippen LogP) is 2.91. The van der Waals surface area contributed by atoms with E-state index in [1.54, 1.807) is 0 Å². The van der Waals surface area contributed by atoms with E-state index >= 15 is 0 Å². The summed E-state index contributed by atoms with van der Waals surface area (Å²) < 4.78 is 0. The highest BCUT2D eigenvalue weighted by atomic mass is 15.4. The van der Waals surface area contributed by atoms with Crippen LogP contribution in [0.1, 0.15) is 64.2 Å². The van der Waals surface area contributed by atoms with Crippen LogP contribution in [0.25, 0.3) is 0 Å². The molecule has 3 heteroatoms. The highest BCUT2D eigenvalue weighted by molar-refractivity contribution is 5.82. The quantitative estimate of drug-likeness (QED) is 0.463. The average Bonchev–Trinajstić information content (AvgIpc) is 3.25. The van der Waals surface area contributed by atoms with E-state index in [1.165, 1.54) is 83.3 Å². The first-order valence-electron chi connectivity index (χ1n) is 8.01. The molecule has 0 aromatic carbocycles. The van der Waals surface area contributed by atoms with Crippen LogP contribution in [0, 0.1) is 0 Å². The Labute approximate surface area is 111 Å². The summed E-state index contributed by atoms with van der Waals surface area (Å²) in [4.78, 5) is 7.43. The van der Waals surface area contributed by atoms with E-state index in [2.05, 4.69) is 10.2 Å². The normalized spacial score (nSPS) is 27.3. The van der Waals surface area contributed by atoms with Gasteiger partial charge >= 0.3 is 0 Å². The molecule has 3 fully saturated rings. The van der Waals surface area contributed by atoms with Gasteiger partial charge in [-0.05, 0) is 25.7 Å². The van der Waals surface area contributed by atoms with Gasteiger partial charge in [0.05, 0.1) is 6.04 Å². The minimum atomic E-state index is 0.602. The van der Waals surface area contributed by atoms with Gasteiger partial charge in [0.1, 0.15) is 0 Å². The van der Waals surface area contributed by atoms with Crippen LogP contribution in [-0.4, -0.2) is 36.0 Å². The molecule has 3 rings (SSSR count). The molecule has 3 aliphatic rings. The van der Waals surface area contributed by atoms with Gasteiger partial charge in [-0.15, -0.1) is 0 Å². The summed E-state index contributed by atoms with van der Waals surface area (Å²) in [5.74, 6) is 1.23. The Kier molecular flexibility index (Phi) is 4.06. The highest BCUT2D eigenvalue weighted by Crippen LogP contribution is 2.22. The maximum absolute atomic E-state index is 5.02. The molecule has 1 aliphatic heterocycles. The maximum atomic E-state index is 5.02. The zero-order valence-electron chi connectivity index (χ0n) is 11.5. The fraction of sp³-hybridized carbons (Fsp3) is 0.933. The minimum absolute atomic E-state index is 0.602. The van der Waals surface area contributed by atoms with Crippen LogP contribution in [0.15, 0.2) is 4.99 Å². The second-order valence-electron chi connectivity index (χ2n) is 6.21. The van der Waals surface area contributed by atoms with Crippen molar-refractivity contribution in [2.75, 3.05) is 13.1 Å². The van der Waals surface area contributed by atoms with Crippen LogP contribution in [0.3, 0.4) is 0 Å². The van der Waals surface area contributed by atoms with E-state index in [9.17, 15) is 0 Å². The molecular weight excluding hydrogens is 222 g/mol. The Balaban J connectivity index is 1.58. The number of hydrogen-bond donors (Lipinski definition) is 1. The van der Waals surface area contributed by atoms with E-state index in [-0.39, 0.29) is 0 Å². The monoisotopic (exact) mass is 249 g/mol. The third kappa shape index (κ3) is 3.39. The third-order valence-corrected chi connectivity index (χ3v) is 4.56. The van der Waals surface area contributed by atoms with Gasteiger partial charge in [0.25, 0.3) is 0 Å². The van der Waals surface area contributed by atoms with Crippen molar-refractivity contribution in [3.8, 4) is 0 Å². The standard InChI is InChI=1S/C15H27N3/c1-3-7-13(8-4-1)16-15(18-11-12-18)17-14-9-5-2-6-10-14/h13-14H,1-12H2,(H,16,17). The topological polar surface area (TPSA) is 27.4 Å². The van der Waals surface area contributed by atoms with Crippen LogP contribution in [-0.2, 0) is 0 Å². The van der Waals surface area contributed by atoms with Crippen LogP contribution >= 0.6 is 0 Å². The van der Waals surface area contributed by atoms with Gasteiger partial charge < -0.3 is 10.2 Å². The van der Waals surface area contributed by atoms with Gasteiger partial charge in [-0.3, -0.25) is 0 Å². The van der Waals surface area contributed by atoms with Crippen molar-refractivity contribution in [2.24, 2.45) is 4.99 Å². The van der Waals surface area contributed by atoms with Gasteiger partial charge in [-0.25, -0.2) is 4.99 Å². The Morgan fingerprint density at radius 2 is 1.44 bits per heavy atom. The number of nitrogens with zero attached hydrogens (tertiary/aromatic N) is 2. The first-order chi connectivity index (χ1) is 8.92. The first-order valence-corrected chi connectivity index (χ1v) is 8.01. The Bertz CT molecular complexity index is 284. The van der Waals surface area contributed by atoms with Gasteiger partial charge in [0.2, 0.25) is 0 Å². The Morgan fingerprint density at radius 3 is 2.06 bits per heavy atom. The predicted molar refractivity (Wildman–Crippen MR) is 75.9 cm³/mol. The lowest BCUT2D eigenvalue weighted by Gasteiger charge is -2.26. The number of rotatable bonds is 2. The van der Waals surface area contributed by atoms with Crippen molar-refractivity contribution in [1.82, 2.24) is 10.2 Å². The summed E-state index contributed by atoms with van der Waals surface area (Å²) >= 11 is 0. The maximum Gasteiger partial charge on any atom is 0.194 e. The van der Waals surface area contributed by atoms with E-state index in [4.69, 9.17) is 4.99 Å². The molecule has 2 saturated carbocycles. The van der Waals surface area contributed by atoms with E-state index in [0.717, 1.165) is 0 Å². The molecule has 0 spiro atoms. The van der Waals surface area contributed by atoms with Crippen LogP contribution in [0.5, 0.6) is 0 Å². The van der Waals surface area contributed by atoms with E-state index < -0.39 is 0 Å². The van der Waals surface area contributed by atoms with Crippen molar-refractivity contribution >= 4 is 5.96 Å². The molecule has 102 valence electrons. The van der Waals surface area contributed by atoms with Crippen molar-refractivity contribution < 1.29 is 0 Å².